The van der Waals surface area contributed by atoms with Crippen molar-refractivity contribution in [2.45, 2.75) is 41.0 Å². The predicted molar refractivity (Wildman–Crippen MR) is 94.1 cm³/mol. The lowest BCUT2D eigenvalue weighted by molar-refractivity contribution is -0.115. The molecule has 3 aromatic heterocycles. The smallest absolute Gasteiger partial charge is 0.233 e. The summed E-state index contributed by atoms with van der Waals surface area (Å²) < 4.78 is 3.46. The molecule has 0 saturated heterocycles. The normalized spacial score (nSPS) is 10.9. The van der Waals surface area contributed by atoms with Gasteiger partial charge in [0.1, 0.15) is 0 Å². The summed E-state index contributed by atoms with van der Waals surface area (Å²) >= 11 is 0. The van der Waals surface area contributed by atoms with Crippen molar-refractivity contribution < 1.29 is 4.79 Å². The van der Waals surface area contributed by atoms with Crippen LogP contribution in [0, 0.1) is 27.7 Å². The third-order valence-corrected chi connectivity index (χ3v) is 3.72. The number of aromatic nitrogens is 6. The minimum atomic E-state index is -0.148. The van der Waals surface area contributed by atoms with Crippen molar-refractivity contribution in [1.82, 2.24) is 29.5 Å². The maximum Gasteiger partial charge on any atom is 0.233 e. The SMILES string of the molecule is CCC(=O)Nc1nc(-n2nc(C)cc2C)cc(-n2nc(C)cc2C)n1. The minimum Gasteiger partial charge on any atom is -0.294 e. The molecule has 1 amide bonds. The molecule has 0 atom stereocenters. The van der Waals surface area contributed by atoms with Crippen LogP contribution in [0.15, 0.2) is 18.2 Å². The van der Waals surface area contributed by atoms with E-state index < -0.39 is 0 Å². The third-order valence-electron chi connectivity index (χ3n) is 3.72. The van der Waals surface area contributed by atoms with E-state index in [0.29, 0.717) is 18.1 Å². The molecule has 0 spiro atoms. The standard InChI is InChI=1S/C17H21N7O/c1-6-16(25)20-17-18-14(23-12(4)7-10(2)21-23)9-15(19-17)24-13(5)8-11(3)22-24/h7-9H,6H2,1-5H3,(H,18,19,20,25). The fourth-order valence-corrected chi connectivity index (χ4v) is 2.63. The van der Waals surface area contributed by atoms with Crippen molar-refractivity contribution in [3.63, 3.8) is 0 Å². The minimum absolute atomic E-state index is 0.148. The summed E-state index contributed by atoms with van der Waals surface area (Å²) in [4.78, 5) is 20.7. The van der Waals surface area contributed by atoms with Crippen LogP contribution < -0.4 is 5.32 Å². The zero-order valence-electron chi connectivity index (χ0n) is 15.0. The van der Waals surface area contributed by atoms with E-state index in [0.717, 1.165) is 22.8 Å². The molecule has 0 bridgehead atoms. The zero-order chi connectivity index (χ0) is 18.1. The van der Waals surface area contributed by atoms with Crippen LogP contribution in [-0.2, 0) is 4.79 Å². The fraction of sp³-hybridized carbons (Fsp3) is 0.353. The largest absolute Gasteiger partial charge is 0.294 e. The number of amides is 1. The van der Waals surface area contributed by atoms with Gasteiger partial charge in [0, 0.05) is 23.9 Å². The molecule has 0 saturated carbocycles. The number of carbonyl (C=O) groups is 1. The Morgan fingerprint density at radius 3 is 1.76 bits per heavy atom. The average molecular weight is 339 g/mol. The third kappa shape index (κ3) is 3.42. The van der Waals surface area contributed by atoms with E-state index in [1.807, 2.05) is 39.8 Å². The summed E-state index contributed by atoms with van der Waals surface area (Å²) in [5.41, 5.74) is 3.68. The summed E-state index contributed by atoms with van der Waals surface area (Å²) in [6.45, 7) is 9.53. The number of hydrogen-bond donors (Lipinski definition) is 1. The highest BCUT2D eigenvalue weighted by atomic mass is 16.1. The molecule has 0 fully saturated rings. The summed E-state index contributed by atoms with van der Waals surface area (Å²) in [6, 6.07) is 5.74. The number of aryl methyl sites for hydroxylation is 4. The van der Waals surface area contributed by atoms with Gasteiger partial charge in [-0.25, -0.2) is 9.36 Å². The first kappa shape index (κ1) is 16.8. The van der Waals surface area contributed by atoms with Crippen LogP contribution in [0.5, 0.6) is 0 Å². The first-order chi connectivity index (χ1) is 11.9. The average Bonchev–Trinajstić information content (AvgIpc) is 3.07. The highest BCUT2D eigenvalue weighted by molar-refractivity contribution is 5.88. The Morgan fingerprint density at radius 1 is 0.920 bits per heavy atom. The van der Waals surface area contributed by atoms with Gasteiger partial charge in [-0.3, -0.25) is 10.1 Å². The molecule has 130 valence electrons. The van der Waals surface area contributed by atoms with E-state index in [1.165, 1.54) is 0 Å². The molecule has 8 heteroatoms. The van der Waals surface area contributed by atoms with E-state index in [-0.39, 0.29) is 11.9 Å². The molecule has 8 nitrogen and oxygen atoms in total. The van der Waals surface area contributed by atoms with Gasteiger partial charge >= 0.3 is 0 Å². The van der Waals surface area contributed by atoms with Gasteiger partial charge < -0.3 is 0 Å². The number of hydrogen-bond acceptors (Lipinski definition) is 5. The van der Waals surface area contributed by atoms with Crippen molar-refractivity contribution in [3.05, 3.63) is 41.0 Å². The van der Waals surface area contributed by atoms with Gasteiger partial charge in [0.25, 0.3) is 0 Å². The molecule has 0 aliphatic heterocycles. The Labute approximate surface area is 145 Å². The molecule has 0 aliphatic carbocycles. The Balaban J connectivity index is 2.16. The van der Waals surface area contributed by atoms with Gasteiger partial charge in [-0.15, -0.1) is 0 Å². The number of nitrogens with zero attached hydrogens (tertiary/aromatic N) is 6. The van der Waals surface area contributed by atoms with Crippen LogP contribution >= 0.6 is 0 Å². The van der Waals surface area contributed by atoms with Gasteiger partial charge in [-0.1, -0.05) is 6.92 Å². The van der Waals surface area contributed by atoms with Crippen LogP contribution in [0.3, 0.4) is 0 Å². The second kappa shape index (κ2) is 6.46. The summed E-state index contributed by atoms with van der Waals surface area (Å²) in [6.07, 6.45) is 0.350. The highest BCUT2D eigenvalue weighted by Crippen LogP contribution is 2.17. The van der Waals surface area contributed by atoms with Crippen molar-refractivity contribution in [2.24, 2.45) is 0 Å². The molecular formula is C17H21N7O. The Kier molecular flexibility index (Phi) is 4.35. The zero-order valence-corrected chi connectivity index (χ0v) is 15.0. The molecule has 0 aliphatic rings. The van der Waals surface area contributed by atoms with Crippen LogP contribution in [0.25, 0.3) is 11.6 Å². The quantitative estimate of drug-likeness (QED) is 0.788. The predicted octanol–water partition coefficient (Wildman–Crippen LogP) is 2.43. The molecule has 0 aromatic carbocycles. The van der Waals surface area contributed by atoms with E-state index in [9.17, 15) is 4.79 Å². The lowest BCUT2D eigenvalue weighted by Crippen LogP contribution is -2.16. The molecule has 3 rings (SSSR count). The van der Waals surface area contributed by atoms with Gasteiger partial charge in [-0.2, -0.15) is 20.2 Å². The van der Waals surface area contributed by atoms with Gasteiger partial charge in [-0.05, 0) is 39.8 Å². The number of rotatable bonds is 4. The second-order valence-electron chi connectivity index (χ2n) is 5.99. The van der Waals surface area contributed by atoms with Crippen LogP contribution in [0.2, 0.25) is 0 Å². The van der Waals surface area contributed by atoms with Crippen molar-refractivity contribution >= 4 is 11.9 Å². The number of carbonyl (C=O) groups excluding carboxylic acids is 1. The fourth-order valence-electron chi connectivity index (χ4n) is 2.63. The maximum absolute atomic E-state index is 11.8. The monoisotopic (exact) mass is 339 g/mol. The van der Waals surface area contributed by atoms with Crippen LogP contribution in [0.4, 0.5) is 5.95 Å². The Bertz CT molecular complexity index is 874. The molecule has 1 N–H and O–H groups in total. The molecule has 0 radical (unpaired) electrons. The van der Waals surface area contributed by atoms with E-state index in [2.05, 4.69) is 25.5 Å². The van der Waals surface area contributed by atoms with Gasteiger partial charge in [0.05, 0.1) is 11.4 Å². The van der Waals surface area contributed by atoms with E-state index >= 15 is 0 Å². The number of anilines is 1. The van der Waals surface area contributed by atoms with Gasteiger partial charge in [0.15, 0.2) is 11.6 Å². The van der Waals surface area contributed by atoms with E-state index in [4.69, 9.17) is 0 Å². The maximum atomic E-state index is 11.8. The molecule has 3 aromatic rings. The topological polar surface area (TPSA) is 90.5 Å². The Hall–Kier alpha value is -3.03. The van der Waals surface area contributed by atoms with Crippen LogP contribution in [-0.4, -0.2) is 35.4 Å². The lowest BCUT2D eigenvalue weighted by Gasteiger charge is -2.11. The summed E-state index contributed by atoms with van der Waals surface area (Å²) in [7, 11) is 0. The second-order valence-corrected chi connectivity index (χ2v) is 5.99. The van der Waals surface area contributed by atoms with Crippen molar-refractivity contribution in [2.75, 3.05) is 5.32 Å². The molecule has 0 unspecified atom stereocenters. The first-order valence-corrected chi connectivity index (χ1v) is 8.13. The van der Waals surface area contributed by atoms with E-state index in [1.54, 1.807) is 22.4 Å². The Morgan fingerprint density at radius 2 is 1.40 bits per heavy atom. The number of nitrogens with one attached hydrogen (secondary N) is 1. The first-order valence-electron chi connectivity index (χ1n) is 8.13. The highest BCUT2D eigenvalue weighted by Gasteiger charge is 2.14. The summed E-state index contributed by atoms with van der Waals surface area (Å²) in [5.74, 6) is 1.24. The lowest BCUT2D eigenvalue weighted by atomic mass is 10.4. The van der Waals surface area contributed by atoms with Crippen molar-refractivity contribution in [1.29, 1.82) is 0 Å². The molecule has 3 heterocycles. The van der Waals surface area contributed by atoms with Crippen LogP contribution in [0.1, 0.15) is 36.1 Å². The van der Waals surface area contributed by atoms with Crippen molar-refractivity contribution in [3.8, 4) is 11.6 Å². The molecular weight excluding hydrogens is 318 g/mol. The molecule has 25 heavy (non-hydrogen) atoms. The van der Waals surface area contributed by atoms with Gasteiger partial charge in [0.2, 0.25) is 11.9 Å². The summed E-state index contributed by atoms with van der Waals surface area (Å²) in [5, 5.41) is 11.7.